The van der Waals surface area contributed by atoms with E-state index in [1.807, 2.05) is 83.1 Å². The molecule has 8 rings (SSSR count). The number of phenols is 1. The number of carbonyl (C=O) groups is 4. The second kappa shape index (κ2) is 28.6. The number of aliphatic hydroxyl groups excluding tert-OH is 1. The Bertz CT molecular complexity index is 3180. The van der Waals surface area contributed by atoms with Crippen molar-refractivity contribution in [1.29, 1.82) is 0 Å². The Morgan fingerprint density at radius 2 is 1.60 bits per heavy atom. The van der Waals surface area contributed by atoms with Crippen LogP contribution in [0.3, 0.4) is 0 Å². The predicted octanol–water partition coefficient (Wildman–Crippen LogP) is 6.49. The number of fused-ring (bicyclic) bond motifs is 2. The maximum atomic E-state index is 16.8. The van der Waals surface area contributed by atoms with Gasteiger partial charge in [0, 0.05) is 76.7 Å². The van der Waals surface area contributed by atoms with Gasteiger partial charge in [0.2, 0.25) is 29.6 Å². The van der Waals surface area contributed by atoms with Gasteiger partial charge in [-0.2, -0.15) is 4.98 Å². The van der Waals surface area contributed by atoms with E-state index in [0.717, 1.165) is 45.6 Å². The minimum absolute atomic E-state index is 0.0220. The van der Waals surface area contributed by atoms with Gasteiger partial charge in [-0.15, -0.1) is 11.3 Å². The van der Waals surface area contributed by atoms with Crippen LogP contribution in [0.2, 0.25) is 5.02 Å². The molecule has 2 unspecified atom stereocenters. The Morgan fingerprint density at radius 1 is 0.915 bits per heavy atom. The lowest BCUT2D eigenvalue weighted by atomic mass is 9.85. The lowest BCUT2D eigenvalue weighted by molar-refractivity contribution is -0.144. The van der Waals surface area contributed by atoms with E-state index in [0.29, 0.717) is 56.2 Å². The molecule has 0 bridgehead atoms. The minimum atomic E-state index is -0.998. The number of aromatic hydroxyl groups is 1. The van der Waals surface area contributed by atoms with E-state index >= 15 is 4.39 Å². The molecule has 0 aliphatic carbocycles. The number of β-amino-alcohol motifs (C(OH)–C–C–N with tert-alkyl or cyclic N) is 1. The minimum Gasteiger partial charge on any atom is -0.508 e. The number of thiazole rings is 1. The predicted molar refractivity (Wildman–Crippen MR) is 315 cm³/mol. The maximum absolute atomic E-state index is 16.8. The fourth-order valence-corrected chi connectivity index (χ4v) is 11.1. The third-order valence-electron chi connectivity index (χ3n) is 14.4. The summed E-state index contributed by atoms with van der Waals surface area (Å²) in [6.07, 6.45) is -0.711. The van der Waals surface area contributed by atoms with Crippen LogP contribution in [0, 0.1) is 18.2 Å². The van der Waals surface area contributed by atoms with E-state index in [4.69, 9.17) is 35.5 Å². The smallest absolute Gasteiger partial charge is 0.246 e. The molecule has 4 heterocycles. The largest absolute Gasteiger partial charge is 0.508 e. The number of amides is 4. The number of likely N-dealkylation sites (N-methyl/N-ethyl adjacent to an activating group) is 1. The number of likely N-dealkylation sites (tertiary alicyclic amines) is 1. The quantitative estimate of drug-likeness (QED) is 0.0318. The Hall–Kier alpha value is -6.63. The summed E-state index contributed by atoms with van der Waals surface area (Å²) in [6.45, 7) is 13.9. The Kier molecular flexibility index (Phi) is 21.4. The second-order valence-corrected chi connectivity index (χ2v) is 22.8. The van der Waals surface area contributed by atoms with Gasteiger partial charge in [-0.25, -0.2) is 14.4 Å². The van der Waals surface area contributed by atoms with Crippen LogP contribution in [0.4, 0.5) is 16.2 Å². The van der Waals surface area contributed by atoms with Gasteiger partial charge in [0.15, 0.2) is 5.82 Å². The molecule has 4 atom stereocenters. The first-order valence-electron chi connectivity index (χ1n) is 27.6. The number of aliphatic hydroxyl groups is 1. The second-order valence-electron chi connectivity index (χ2n) is 21.5. The molecule has 0 spiro atoms. The summed E-state index contributed by atoms with van der Waals surface area (Å²) in [5, 5.41) is 35.6. The lowest BCUT2D eigenvalue weighted by Gasteiger charge is -2.35. The van der Waals surface area contributed by atoms with Crippen molar-refractivity contribution in [2.45, 2.75) is 71.7 Å². The highest BCUT2D eigenvalue weighted by Gasteiger charge is 2.45. The van der Waals surface area contributed by atoms with E-state index in [1.54, 1.807) is 40.9 Å². The number of halogens is 2. The number of carbonyl (C=O) groups excluding carboxylic acids is 4. The summed E-state index contributed by atoms with van der Waals surface area (Å²) >= 11 is 8.41. The average Bonchev–Trinajstić information content (AvgIpc) is 2.36. The first-order chi connectivity index (χ1) is 39.4. The average molecular weight is 1170 g/mol. The third kappa shape index (κ3) is 15.7. The summed E-state index contributed by atoms with van der Waals surface area (Å²) in [7, 11) is 1.69. The number of rotatable bonds is 26. The van der Waals surface area contributed by atoms with Crippen molar-refractivity contribution in [3.8, 4) is 27.3 Å². The number of nitrogens with one attached hydrogen (secondary N) is 4. The van der Waals surface area contributed by atoms with Crippen LogP contribution in [0.1, 0.15) is 57.8 Å². The maximum Gasteiger partial charge on any atom is 0.246 e. The van der Waals surface area contributed by atoms with Crippen LogP contribution in [-0.2, 0) is 38.1 Å². The number of aryl methyl sites for hydroxylation is 1. The van der Waals surface area contributed by atoms with Gasteiger partial charge in [-0.1, -0.05) is 80.9 Å². The highest BCUT2D eigenvalue weighted by atomic mass is 35.5. The summed E-state index contributed by atoms with van der Waals surface area (Å²) in [4.78, 5) is 73.7. The van der Waals surface area contributed by atoms with Crippen molar-refractivity contribution in [2.24, 2.45) is 5.41 Å². The highest BCUT2D eigenvalue weighted by Crippen LogP contribution is 2.42. The number of aromatic nitrogens is 3. The SMILES string of the molecule is Cc1ncsc1-c1ccc(C(C)NC(=O)[C@@H]2C[C@@H](O)CN2C(=O)C(NC(=O)COCCOCCOCCOCCN(C)C(=O)CCNc2nc(N3CCNCC3)c3cc(Cl)c(-c4cc(O)cc5ccccc45)c(F)c3n2)C(C)(C)C)cc1. The fourth-order valence-electron chi connectivity index (χ4n) is 9.97. The zero-order chi connectivity index (χ0) is 58.5. The van der Waals surface area contributed by atoms with Gasteiger partial charge in [0.1, 0.15) is 35.8 Å². The van der Waals surface area contributed by atoms with Gasteiger partial charge in [-0.05, 0) is 64.9 Å². The number of hydrogen-bond acceptors (Lipinski definition) is 17. The van der Waals surface area contributed by atoms with Crippen molar-refractivity contribution in [1.82, 2.24) is 40.7 Å². The highest BCUT2D eigenvalue weighted by molar-refractivity contribution is 7.13. The van der Waals surface area contributed by atoms with Crippen molar-refractivity contribution < 1.29 is 52.7 Å². The van der Waals surface area contributed by atoms with Crippen LogP contribution >= 0.6 is 22.9 Å². The van der Waals surface area contributed by atoms with Crippen molar-refractivity contribution in [3.05, 3.63) is 94.3 Å². The van der Waals surface area contributed by atoms with Gasteiger partial charge < -0.3 is 65.1 Å². The molecule has 2 aliphatic rings. The molecule has 20 nitrogen and oxygen atoms in total. The number of piperazine rings is 1. The van der Waals surface area contributed by atoms with Crippen LogP contribution in [0.5, 0.6) is 5.75 Å². The number of benzene rings is 4. The van der Waals surface area contributed by atoms with Crippen LogP contribution < -0.4 is 26.2 Å². The monoisotopic (exact) mass is 1170 g/mol. The first kappa shape index (κ1) is 61.4. The van der Waals surface area contributed by atoms with Gasteiger partial charge in [0.05, 0.1) is 79.5 Å². The number of nitrogens with zero attached hydrogens (tertiary/aromatic N) is 6. The summed E-state index contributed by atoms with van der Waals surface area (Å²) in [5.41, 5.74) is 4.57. The Balaban J connectivity index is 0.699. The molecular formula is C59H74ClFN10O10S. The lowest BCUT2D eigenvalue weighted by Crippen LogP contribution is -2.58. The molecule has 440 valence electrons. The Morgan fingerprint density at radius 3 is 2.28 bits per heavy atom. The molecule has 82 heavy (non-hydrogen) atoms. The first-order valence-corrected chi connectivity index (χ1v) is 28.9. The molecule has 2 aliphatic heterocycles. The van der Waals surface area contributed by atoms with Gasteiger partial charge >= 0.3 is 0 Å². The molecular weight excluding hydrogens is 1100 g/mol. The molecule has 0 radical (unpaired) electrons. The van der Waals surface area contributed by atoms with Crippen molar-refractivity contribution in [2.75, 3.05) is 116 Å². The number of hydrogen-bond donors (Lipinski definition) is 6. The normalized spacial score (nSPS) is 16.4. The fraction of sp³-hybridized carbons (Fsp3) is 0.475. The van der Waals surface area contributed by atoms with E-state index in [9.17, 15) is 29.4 Å². The number of anilines is 2. The van der Waals surface area contributed by atoms with E-state index in [2.05, 4.69) is 36.1 Å². The third-order valence-corrected chi connectivity index (χ3v) is 15.7. The van der Waals surface area contributed by atoms with Crippen molar-refractivity contribution in [3.63, 3.8) is 0 Å². The summed E-state index contributed by atoms with van der Waals surface area (Å²) in [5.74, 6) is -1.48. The van der Waals surface area contributed by atoms with E-state index in [-0.39, 0.29) is 105 Å². The molecule has 4 amide bonds. The molecule has 2 saturated heterocycles. The van der Waals surface area contributed by atoms with Crippen LogP contribution in [-0.4, -0.2) is 182 Å². The molecule has 6 aromatic rings. The summed E-state index contributed by atoms with van der Waals surface area (Å²) in [6, 6.07) is 17.8. The molecule has 23 heteroatoms. The molecule has 4 aromatic carbocycles. The molecule has 6 N–H and O–H groups in total. The zero-order valence-corrected chi connectivity index (χ0v) is 48.8. The number of phenolic OH excluding ortho intramolecular Hbond substituents is 1. The van der Waals surface area contributed by atoms with Crippen LogP contribution in [0.25, 0.3) is 43.2 Å². The topological polar surface area (TPSA) is 242 Å². The Labute approximate surface area is 486 Å². The molecule has 2 fully saturated rings. The van der Waals surface area contributed by atoms with E-state index < -0.39 is 41.2 Å². The molecule has 2 aromatic heterocycles. The standard InChI is InChI=1S/C59H74ClFN10O10S/c1-36(38-11-13-39(14-12-38)53-37(2)64-35-82-53)65-56(76)47-31-42(73)33-71(47)57(77)54(59(3,4)5)66-48(74)34-81-28-27-80-26-25-79-24-23-78-22-21-69(6)49(75)15-16-63-58-67-52-45(55(68-58)70-19-17-62-18-20-70)32-46(60)50(51(52)61)44-30-41(72)29-40-9-7-8-10-43(40)44/h7-14,29-30,32,35-36,42,47,54,62,72-73H,15-28,31,33-34H2,1-6H3,(H,65,76)(H,66,74)(H,63,67,68)/t36?,42-,47+,54?/m1/s1. The zero-order valence-electron chi connectivity index (χ0n) is 47.3. The van der Waals surface area contributed by atoms with Gasteiger partial charge in [0.25, 0.3) is 0 Å². The number of ether oxygens (including phenoxy) is 4. The van der Waals surface area contributed by atoms with Gasteiger partial charge in [-0.3, -0.25) is 19.2 Å². The van der Waals surface area contributed by atoms with E-state index in [1.165, 1.54) is 11.0 Å². The van der Waals surface area contributed by atoms with Crippen LogP contribution in [0.15, 0.2) is 72.2 Å². The molecule has 0 saturated carbocycles. The summed E-state index contributed by atoms with van der Waals surface area (Å²) < 4.78 is 39.3. The van der Waals surface area contributed by atoms with Crippen molar-refractivity contribution >= 4 is 80.0 Å².